The van der Waals surface area contributed by atoms with E-state index in [1.807, 2.05) is 0 Å². The fraction of sp³-hybridized carbons (Fsp3) is 0.875. The monoisotopic (exact) mass is 157 g/mol. The lowest BCUT2D eigenvalue weighted by Gasteiger charge is -1.86. The molecular formula is C8H15NO2. The normalized spacial score (nSPS) is 31.5. The molecule has 0 spiro atoms. The van der Waals surface area contributed by atoms with Crippen LogP contribution in [-0.2, 0) is 9.53 Å². The van der Waals surface area contributed by atoms with E-state index in [0.29, 0.717) is 0 Å². The largest absolute Gasteiger partial charge is 0.469 e. The molecule has 1 saturated carbocycles. The summed E-state index contributed by atoms with van der Waals surface area (Å²) in [5, 5.41) is 3.39. The van der Waals surface area contributed by atoms with Crippen LogP contribution < -0.4 is 5.32 Å². The molecule has 0 bridgehead atoms. The molecule has 3 heteroatoms. The number of nitrogens with one attached hydrogen (secondary N) is 1. The number of piperidine rings is 1. The maximum absolute atomic E-state index is 9.59. The first-order valence-corrected chi connectivity index (χ1v) is 4.02. The highest BCUT2D eigenvalue weighted by Gasteiger charge is 2.40. The molecule has 0 amide bonds. The molecule has 11 heavy (non-hydrogen) atoms. The van der Waals surface area contributed by atoms with Gasteiger partial charge in [-0.1, -0.05) is 0 Å². The Morgan fingerprint density at radius 2 is 2.27 bits per heavy atom. The SMILES string of the molecule is C1CC2CC2N1.COC(C)=O. The summed E-state index contributed by atoms with van der Waals surface area (Å²) in [4.78, 5) is 9.59. The molecular weight excluding hydrogens is 142 g/mol. The van der Waals surface area contributed by atoms with Crippen molar-refractivity contribution >= 4 is 5.97 Å². The van der Waals surface area contributed by atoms with E-state index in [2.05, 4.69) is 10.1 Å². The zero-order valence-corrected chi connectivity index (χ0v) is 7.09. The van der Waals surface area contributed by atoms with Crippen molar-refractivity contribution in [3.8, 4) is 0 Å². The van der Waals surface area contributed by atoms with Crippen molar-refractivity contribution in [2.75, 3.05) is 13.7 Å². The van der Waals surface area contributed by atoms with Gasteiger partial charge in [-0.15, -0.1) is 0 Å². The number of rotatable bonds is 0. The quantitative estimate of drug-likeness (QED) is 0.522. The van der Waals surface area contributed by atoms with Gasteiger partial charge in [-0.25, -0.2) is 0 Å². The Hall–Kier alpha value is -0.570. The molecule has 0 aromatic rings. The third-order valence-electron chi connectivity index (χ3n) is 2.13. The second-order valence-electron chi connectivity index (χ2n) is 3.04. The number of carbonyl (C=O) groups excluding carboxylic acids is 1. The molecule has 1 aliphatic heterocycles. The van der Waals surface area contributed by atoms with Gasteiger partial charge >= 0.3 is 5.97 Å². The Morgan fingerprint density at radius 3 is 2.36 bits per heavy atom. The van der Waals surface area contributed by atoms with Crippen LogP contribution in [0.25, 0.3) is 0 Å². The second-order valence-corrected chi connectivity index (χ2v) is 3.04. The van der Waals surface area contributed by atoms with Crippen LogP contribution in [-0.4, -0.2) is 25.7 Å². The molecule has 1 aliphatic carbocycles. The van der Waals surface area contributed by atoms with E-state index in [0.717, 1.165) is 12.0 Å². The summed E-state index contributed by atoms with van der Waals surface area (Å²) >= 11 is 0. The summed E-state index contributed by atoms with van der Waals surface area (Å²) in [5.74, 6) is 0.856. The van der Waals surface area contributed by atoms with Gasteiger partial charge < -0.3 is 10.1 Å². The van der Waals surface area contributed by atoms with Crippen molar-refractivity contribution in [2.24, 2.45) is 5.92 Å². The van der Waals surface area contributed by atoms with Crippen LogP contribution in [0.1, 0.15) is 19.8 Å². The van der Waals surface area contributed by atoms with Crippen LogP contribution in [0.3, 0.4) is 0 Å². The summed E-state index contributed by atoms with van der Waals surface area (Å²) in [6, 6.07) is 0.963. The molecule has 0 aromatic heterocycles. The van der Waals surface area contributed by atoms with Gasteiger partial charge in [0.2, 0.25) is 0 Å². The van der Waals surface area contributed by atoms with E-state index in [1.165, 1.54) is 33.4 Å². The summed E-state index contributed by atoms with van der Waals surface area (Å²) in [5.41, 5.74) is 0. The number of hydrogen-bond acceptors (Lipinski definition) is 3. The number of esters is 1. The lowest BCUT2D eigenvalue weighted by Crippen LogP contribution is -2.10. The summed E-state index contributed by atoms with van der Waals surface area (Å²) < 4.78 is 4.11. The predicted molar refractivity (Wildman–Crippen MR) is 42.2 cm³/mol. The molecule has 2 atom stereocenters. The van der Waals surface area contributed by atoms with E-state index >= 15 is 0 Å². The van der Waals surface area contributed by atoms with Crippen molar-refractivity contribution in [3.63, 3.8) is 0 Å². The molecule has 1 saturated heterocycles. The first-order valence-electron chi connectivity index (χ1n) is 4.02. The molecule has 0 radical (unpaired) electrons. The fourth-order valence-corrected chi connectivity index (χ4v) is 1.27. The van der Waals surface area contributed by atoms with Gasteiger partial charge in [0, 0.05) is 13.0 Å². The zero-order valence-electron chi connectivity index (χ0n) is 7.09. The molecule has 3 nitrogen and oxygen atoms in total. The number of carbonyl (C=O) groups is 1. The highest BCUT2D eigenvalue weighted by Crippen LogP contribution is 2.37. The van der Waals surface area contributed by atoms with Gasteiger partial charge in [-0.05, 0) is 25.3 Å². The predicted octanol–water partition coefficient (Wildman–Crippen LogP) is 0.547. The van der Waals surface area contributed by atoms with Crippen LogP contribution in [0.15, 0.2) is 0 Å². The number of methoxy groups -OCH3 is 1. The van der Waals surface area contributed by atoms with Gasteiger partial charge in [0.25, 0.3) is 0 Å². The summed E-state index contributed by atoms with van der Waals surface area (Å²) in [6.07, 6.45) is 2.92. The Bertz CT molecular complexity index is 139. The lowest BCUT2D eigenvalue weighted by molar-refractivity contribution is -0.137. The van der Waals surface area contributed by atoms with E-state index < -0.39 is 0 Å². The number of ether oxygens (including phenoxy) is 1. The molecule has 0 aromatic carbocycles. The average molecular weight is 157 g/mol. The van der Waals surface area contributed by atoms with Gasteiger partial charge in [-0.3, -0.25) is 4.79 Å². The van der Waals surface area contributed by atoms with Gasteiger partial charge in [0.05, 0.1) is 7.11 Å². The molecule has 64 valence electrons. The van der Waals surface area contributed by atoms with Crippen molar-refractivity contribution < 1.29 is 9.53 Å². The average Bonchev–Trinajstić information content (AvgIpc) is 2.61. The highest BCUT2D eigenvalue weighted by atomic mass is 16.5. The van der Waals surface area contributed by atoms with Crippen molar-refractivity contribution in [2.45, 2.75) is 25.8 Å². The smallest absolute Gasteiger partial charge is 0.302 e. The topological polar surface area (TPSA) is 38.3 Å². The first kappa shape index (κ1) is 8.53. The van der Waals surface area contributed by atoms with E-state index in [-0.39, 0.29) is 5.97 Å². The van der Waals surface area contributed by atoms with Gasteiger partial charge in [0.15, 0.2) is 0 Å². The maximum atomic E-state index is 9.59. The number of fused-ring (bicyclic) bond motifs is 1. The van der Waals surface area contributed by atoms with Crippen molar-refractivity contribution in [1.82, 2.24) is 5.32 Å². The van der Waals surface area contributed by atoms with Crippen LogP contribution >= 0.6 is 0 Å². The number of hydrogen-bond donors (Lipinski definition) is 1. The van der Waals surface area contributed by atoms with Gasteiger partial charge in [-0.2, -0.15) is 0 Å². The van der Waals surface area contributed by atoms with E-state index in [1.54, 1.807) is 0 Å². The van der Waals surface area contributed by atoms with Crippen molar-refractivity contribution in [1.29, 1.82) is 0 Å². The summed E-state index contributed by atoms with van der Waals surface area (Å²) in [6.45, 7) is 2.65. The Labute approximate surface area is 67.1 Å². The molecule has 2 unspecified atom stereocenters. The van der Waals surface area contributed by atoms with Crippen LogP contribution in [0.4, 0.5) is 0 Å². The van der Waals surface area contributed by atoms with Gasteiger partial charge in [0.1, 0.15) is 0 Å². The minimum atomic E-state index is -0.245. The van der Waals surface area contributed by atoms with Crippen LogP contribution in [0.2, 0.25) is 0 Å². The molecule has 1 N–H and O–H groups in total. The molecule has 1 heterocycles. The Kier molecular flexibility index (Phi) is 2.88. The molecule has 2 fully saturated rings. The maximum Gasteiger partial charge on any atom is 0.302 e. The highest BCUT2D eigenvalue weighted by molar-refractivity contribution is 5.65. The standard InChI is InChI=1S/C5H9N.C3H6O2/c1-2-6-5-3-4(1)5;1-3(4)5-2/h4-6H,1-3H2;1-2H3. The second kappa shape index (κ2) is 3.72. The zero-order chi connectivity index (χ0) is 8.27. The lowest BCUT2D eigenvalue weighted by atomic mass is 10.3. The van der Waals surface area contributed by atoms with E-state index in [4.69, 9.17) is 0 Å². The first-order chi connectivity index (χ1) is 5.24. The third-order valence-corrected chi connectivity index (χ3v) is 2.13. The van der Waals surface area contributed by atoms with E-state index in [9.17, 15) is 4.79 Å². The molecule has 2 rings (SSSR count). The van der Waals surface area contributed by atoms with Crippen LogP contribution in [0, 0.1) is 5.92 Å². The Balaban J connectivity index is 0.000000114. The summed E-state index contributed by atoms with van der Waals surface area (Å²) in [7, 11) is 1.35. The molecule has 2 aliphatic rings. The fourth-order valence-electron chi connectivity index (χ4n) is 1.27. The minimum absolute atomic E-state index is 0.245. The van der Waals surface area contributed by atoms with Crippen molar-refractivity contribution in [3.05, 3.63) is 0 Å². The minimum Gasteiger partial charge on any atom is -0.469 e. The van der Waals surface area contributed by atoms with Crippen LogP contribution in [0.5, 0.6) is 0 Å². The Morgan fingerprint density at radius 1 is 1.64 bits per heavy atom. The third kappa shape index (κ3) is 2.89.